The Morgan fingerprint density at radius 3 is 2.37 bits per heavy atom. The van der Waals surface area contributed by atoms with E-state index >= 15 is 0 Å². The Morgan fingerprint density at radius 1 is 1.22 bits per heavy atom. The molecule has 1 heterocycles. The van der Waals surface area contributed by atoms with Gasteiger partial charge in [-0.25, -0.2) is 0 Å². The highest BCUT2D eigenvalue weighted by molar-refractivity contribution is 14.0. The number of halogens is 3. The molecule has 0 saturated heterocycles. The molecule has 8 heteroatoms. The van der Waals surface area contributed by atoms with Gasteiger partial charge in [-0.1, -0.05) is 35.3 Å². The van der Waals surface area contributed by atoms with Crippen LogP contribution >= 0.6 is 47.2 Å². The van der Waals surface area contributed by atoms with Gasteiger partial charge in [0.1, 0.15) is 10.9 Å². The van der Waals surface area contributed by atoms with Crippen LogP contribution in [-0.2, 0) is 19.0 Å². The van der Waals surface area contributed by atoms with Gasteiger partial charge in [0.2, 0.25) is 0 Å². The first kappa shape index (κ1) is 22.2. The summed E-state index contributed by atoms with van der Waals surface area (Å²) in [6.45, 7) is 1.44. The van der Waals surface area contributed by atoms with Gasteiger partial charge < -0.3 is 19.9 Å². The van der Waals surface area contributed by atoms with Crippen molar-refractivity contribution in [3.63, 3.8) is 0 Å². The summed E-state index contributed by atoms with van der Waals surface area (Å²) < 4.78 is 7.11. The van der Waals surface area contributed by atoms with Crippen molar-refractivity contribution < 1.29 is 4.74 Å². The minimum atomic E-state index is 0. The van der Waals surface area contributed by atoms with Gasteiger partial charge in [-0.05, 0) is 36.6 Å². The van der Waals surface area contributed by atoms with Crippen LogP contribution in [-0.4, -0.2) is 31.2 Å². The molecule has 0 atom stereocenters. The fraction of sp³-hybridized carbons (Fsp3) is 0.421. The van der Waals surface area contributed by atoms with Crippen molar-refractivity contribution in [2.45, 2.75) is 24.8 Å². The standard InChI is InChI=1S/C19H24Cl2N4O.HI/c1-22-18(23-11-14-10-16(20)17(21)25(14)2)24-12-19(8-9-19)13-4-6-15(26-3)7-5-13;/h4-7,10H,8-9,11-12H2,1-3H3,(H2,22,23,24);1H. The lowest BCUT2D eigenvalue weighted by Crippen LogP contribution is -2.41. The van der Waals surface area contributed by atoms with E-state index < -0.39 is 0 Å². The molecular formula is C19H25Cl2IN4O. The summed E-state index contributed by atoms with van der Waals surface area (Å²) in [5.41, 5.74) is 2.52. The van der Waals surface area contributed by atoms with E-state index in [0.29, 0.717) is 16.7 Å². The molecule has 1 fully saturated rings. The molecule has 0 radical (unpaired) electrons. The molecule has 0 unspecified atom stereocenters. The second-order valence-corrected chi connectivity index (χ2v) is 7.39. The topological polar surface area (TPSA) is 50.6 Å². The number of nitrogens with one attached hydrogen (secondary N) is 2. The van der Waals surface area contributed by atoms with Crippen molar-refractivity contribution in [1.82, 2.24) is 15.2 Å². The van der Waals surface area contributed by atoms with Crippen molar-refractivity contribution in [2.24, 2.45) is 12.0 Å². The smallest absolute Gasteiger partial charge is 0.191 e. The zero-order valence-corrected chi connectivity index (χ0v) is 19.5. The molecule has 0 spiro atoms. The van der Waals surface area contributed by atoms with Gasteiger partial charge in [0, 0.05) is 31.7 Å². The molecule has 0 aliphatic heterocycles. The highest BCUT2D eigenvalue weighted by Gasteiger charge is 2.44. The van der Waals surface area contributed by atoms with Crippen molar-refractivity contribution in [3.8, 4) is 5.75 Å². The van der Waals surface area contributed by atoms with E-state index in [2.05, 4.69) is 27.8 Å². The monoisotopic (exact) mass is 522 g/mol. The number of benzene rings is 1. The predicted octanol–water partition coefficient (Wildman–Crippen LogP) is 4.36. The van der Waals surface area contributed by atoms with Crippen LogP contribution in [0.5, 0.6) is 5.75 Å². The Bertz CT molecular complexity index is 801. The summed E-state index contributed by atoms with van der Waals surface area (Å²) in [5, 5.41) is 7.87. The maximum Gasteiger partial charge on any atom is 0.191 e. The van der Waals surface area contributed by atoms with Gasteiger partial charge in [-0.2, -0.15) is 0 Å². The quantitative estimate of drug-likeness (QED) is 0.337. The van der Waals surface area contributed by atoms with Gasteiger partial charge in [-0.3, -0.25) is 4.99 Å². The summed E-state index contributed by atoms with van der Waals surface area (Å²) >= 11 is 12.2. The van der Waals surface area contributed by atoms with Gasteiger partial charge >= 0.3 is 0 Å². The van der Waals surface area contributed by atoms with Gasteiger partial charge in [0.15, 0.2) is 5.96 Å². The SMILES string of the molecule is CN=C(NCc1cc(Cl)c(Cl)n1C)NCC1(c2ccc(OC)cc2)CC1.I. The second kappa shape index (κ2) is 9.39. The number of aromatic nitrogens is 1. The van der Waals surface area contributed by atoms with Crippen LogP contribution in [0.1, 0.15) is 24.1 Å². The number of aliphatic imine (C=N–C) groups is 1. The molecule has 1 aliphatic carbocycles. The molecule has 0 amide bonds. The zero-order valence-electron chi connectivity index (χ0n) is 15.7. The normalized spacial score (nSPS) is 15.1. The van der Waals surface area contributed by atoms with E-state index in [-0.39, 0.29) is 29.4 Å². The van der Waals surface area contributed by atoms with E-state index in [1.165, 1.54) is 18.4 Å². The first-order chi connectivity index (χ1) is 12.5. The van der Waals surface area contributed by atoms with Gasteiger partial charge in [0.25, 0.3) is 0 Å². The lowest BCUT2D eigenvalue weighted by atomic mass is 9.96. The van der Waals surface area contributed by atoms with Crippen LogP contribution in [0, 0.1) is 0 Å². The van der Waals surface area contributed by atoms with E-state index in [0.717, 1.165) is 23.9 Å². The molecule has 2 aromatic rings. The fourth-order valence-electron chi connectivity index (χ4n) is 3.07. The van der Waals surface area contributed by atoms with E-state index in [4.69, 9.17) is 27.9 Å². The van der Waals surface area contributed by atoms with Crippen molar-refractivity contribution in [1.29, 1.82) is 0 Å². The maximum absolute atomic E-state index is 6.11. The molecule has 148 valence electrons. The number of rotatable bonds is 6. The van der Waals surface area contributed by atoms with E-state index in [1.807, 2.05) is 29.8 Å². The van der Waals surface area contributed by atoms with Crippen LogP contribution in [0.3, 0.4) is 0 Å². The Balaban J connectivity index is 0.00000261. The third kappa shape index (κ3) is 5.03. The summed E-state index contributed by atoms with van der Waals surface area (Å²) in [7, 11) is 5.35. The average Bonchev–Trinajstić information content (AvgIpc) is 3.42. The van der Waals surface area contributed by atoms with Crippen LogP contribution in [0.4, 0.5) is 0 Å². The number of ether oxygens (including phenoxy) is 1. The van der Waals surface area contributed by atoms with Crippen LogP contribution in [0.15, 0.2) is 35.3 Å². The third-order valence-electron chi connectivity index (χ3n) is 5.03. The largest absolute Gasteiger partial charge is 0.497 e. The van der Waals surface area contributed by atoms with E-state index in [1.54, 1.807) is 14.2 Å². The Labute approximate surface area is 187 Å². The molecular weight excluding hydrogens is 498 g/mol. The van der Waals surface area contributed by atoms with E-state index in [9.17, 15) is 0 Å². The number of guanidine groups is 1. The number of nitrogens with zero attached hydrogens (tertiary/aromatic N) is 2. The van der Waals surface area contributed by atoms with Crippen LogP contribution in [0.25, 0.3) is 0 Å². The van der Waals surface area contributed by atoms with Crippen molar-refractivity contribution in [3.05, 3.63) is 51.8 Å². The fourth-order valence-corrected chi connectivity index (χ4v) is 3.49. The Hall–Kier alpha value is -1.12. The molecule has 1 aromatic carbocycles. The molecule has 5 nitrogen and oxygen atoms in total. The Morgan fingerprint density at radius 2 is 1.89 bits per heavy atom. The molecule has 3 rings (SSSR count). The molecule has 2 N–H and O–H groups in total. The van der Waals surface area contributed by atoms with Gasteiger partial charge in [-0.15, -0.1) is 24.0 Å². The first-order valence-corrected chi connectivity index (χ1v) is 9.33. The third-order valence-corrected chi connectivity index (χ3v) is 5.87. The minimum absolute atomic E-state index is 0. The molecule has 27 heavy (non-hydrogen) atoms. The Kier molecular flexibility index (Phi) is 7.71. The van der Waals surface area contributed by atoms with Crippen molar-refractivity contribution >= 4 is 53.1 Å². The lowest BCUT2D eigenvalue weighted by molar-refractivity contribution is 0.414. The maximum atomic E-state index is 6.11. The number of hydrogen-bond acceptors (Lipinski definition) is 2. The summed E-state index contributed by atoms with van der Waals surface area (Å²) in [4.78, 5) is 4.31. The van der Waals surface area contributed by atoms with Crippen LogP contribution < -0.4 is 15.4 Å². The zero-order chi connectivity index (χ0) is 18.7. The van der Waals surface area contributed by atoms with Gasteiger partial charge in [0.05, 0.1) is 18.7 Å². The predicted molar refractivity (Wildman–Crippen MR) is 123 cm³/mol. The second-order valence-electron chi connectivity index (χ2n) is 6.62. The lowest BCUT2D eigenvalue weighted by Gasteiger charge is -2.19. The number of methoxy groups -OCH3 is 1. The molecule has 1 aromatic heterocycles. The summed E-state index contributed by atoms with van der Waals surface area (Å²) in [6.07, 6.45) is 2.35. The van der Waals surface area contributed by atoms with Crippen molar-refractivity contribution in [2.75, 3.05) is 20.7 Å². The summed E-state index contributed by atoms with van der Waals surface area (Å²) in [6, 6.07) is 10.2. The first-order valence-electron chi connectivity index (χ1n) is 8.58. The highest BCUT2D eigenvalue weighted by atomic mass is 127. The minimum Gasteiger partial charge on any atom is -0.497 e. The molecule has 1 saturated carbocycles. The number of hydrogen-bond donors (Lipinski definition) is 2. The highest BCUT2D eigenvalue weighted by Crippen LogP contribution is 2.47. The average molecular weight is 523 g/mol. The molecule has 1 aliphatic rings. The van der Waals surface area contributed by atoms with Crippen LogP contribution in [0.2, 0.25) is 10.2 Å². The summed E-state index contributed by atoms with van der Waals surface area (Å²) in [5.74, 6) is 1.65. The molecule has 0 bridgehead atoms.